The van der Waals surface area contributed by atoms with Gasteiger partial charge in [-0.2, -0.15) is 8.42 Å². The molecular formula is C21H14FI2NO9S2. The van der Waals surface area contributed by atoms with E-state index >= 15 is 0 Å². The van der Waals surface area contributed by atoms with Gasteiger partial charge in [-0.05, 0) is 106 Å². The second kappa shape index (κ2) is 11.4. The molecule has 0 fully saturated rings. The number of carbonyl (C=O) groups is 2. The molecule has 0 spiro atoms. The Labute approximate surface area is 232 Å². The average Bonchev–Trinajstić information content (AvgIpc) is 2.77. The zero-order valence-electron chi connectivity index (χ0n) is 17.6. The standard InChI is InChI=1S/C21H14FI2NO9S2/c22-13-3-1-12(2-4-13)21(27)25-35(28,29)16-7-5-14(6-8-16)34-19(26)11-33-15-9-17(23)20(18(24)10-15)36(30,31)32/h1-10H,11H2,(H,25,27)(H,30,31,32). The van der Waals surface area contributed by atoms with Gasteiger partial charge in [-0.15, -0.1) is 0 Å². The number of nitrogens with one attached hydrogen (secondary N) is 1. The Balaban J connectivity index is 1.61. The lowest BCUT2D eigenvalue weighted by Crippen LogP contribution is -2.30. The van der Waals surface area contributed by atoms with Crippen LogP contribution < -0.4 is 14.2 Å². The summed E-state index contributed by atoms with van der Waals surface area (Å²) in [7, 11) is -8.68. The molecule has 3 rings (SSSR count). The van der Waals surface area contributed by atoms with Crippen molar-refractivity contribution >= 4 is 77.2 Å². The number of ether oxygens (including phenoxy) is 2. The van der Waals surface area contributed by atoms with Gasteiger partial charge in [0, 0.05) is 12.7 Å². The van der Waals surface area contributed by atoms with Crippen molar-refractivity contribution in [3.05, 3.63) is 79.2 Å². The summed E-state index contributed by atoms with van der Waals surface area (Å²) >= 11 is 3.41. The van der Waals surface area contributed by atoms with E-state index in [2.05, 4.69) is 0 Å². The molecule has 190 valence electrons. The van der Waals surface area contributed by atoms with Crippen LogP contribution in [0, 0.1) is 13.0 Å². The Kier molecular flexibility index (Phi) is 8.91. The molecule has 10 nitrogen and oxygen atoms in total. The van der Waals surface area contributed by atoms with E-state index in [1.807, 2.05) is 4.72 Å². The fourth-order valence-corrected chi connectivity index (χ4v) is 7.66. The van der Waals surface area contributed by atoms with Crippen LogP contribution in [0.4, 0.5) is 4.39 Å². The Bertz CT molecular complexity index is 1500. The normalized spacial score (nSPS) is 11.6. The van der Waals surface area contributed by atoms with Crippen LogP contribution in [-0.4, -0.2) is 39.9 Å². The number of benzene rings is 3. The highest BCUT2D eigenvalue weighted by molar-refractivity contribution is 14.1. The first kappa shape index (κ1) is 28.2. The highest BCUT2D eigenvalue weighted by Gasteiger charge is 2.21. The zero-order chi connectivity index (χ0) is 26.7. The quantitative estimate of drug-likeness (QED) is 0.152. The molecule has 0 saturated heterocycles. The van der Waals surface area contributed by atoms with Crippen molar-refractivity contribution in [2.45, 2.75) is 9.79 Å². The summed E-state index contributed by atoms with van der Waals surface area (Å²) in [5.74, 6) is -2.20. The van der Waals surface area contributed by atoms with E-state index in [9.17, 15) is 35.4 Å². The number of hydrogen-bond donors (Lipinski definition) is 2. The molecule has 0 saturated carbocycles. The van der Waals surface area contributed by atoms with Crippen LogP contribution in [0.2, 0.25) is 0 Å². The average molecular weight is 761 g/mol. The van der Waals surface area contributed by atoms with Crippen LogP contribution in [0.15, 0.2) is 70.5 Å². The van der Waals surface area contributed by atoms with Crippen LogP contribution >= 0.6 is 45.2 Å². The van der Waals surface area contributed by atoms with E-state index in [1.165, 1.54) is 24.3 Å². The van der Waals surface area contributed by atoms with Gasteiger partial charge in [0.1, 0.15) is 22.2 Å². The Morgan fingerprint density at radius 2 is 1.44 bits per heavy atom. The third-order valence-corrected chi connectivity index (χ3v) is 9.02. The molecule has 0 aromatic heterocycles. The number of esters is 1. The third kappa shape index (κ3) is 7.34. The summed E-state index contributed by atoms with van der Waals surface area (Å²) in [4.78, 5) is 23.7. The molecule has 0 aliphatic carbocycles. The van der Waals surface area contributed by atoms with Gasteiger partial charge in [0.15, 0.2) is 6.61 Å². The number of sulfonamides is 1. The summed E-state index contributed by atoms with van der Waals surface area (Å²) in [5, 5.41) is 0. The van der Waals surface area contributed by atoms with Gasteiger partial charge in [0.2, 0.25) is 0 Å². The molecule has 0 unspecified atom stereocenters. The van der Waals surface area contributed by atoms with Gasteiger partial charge < -0.3 is 9.47 Å². The molecule has 0 radical (unpaired) electrons. The minimum atomic E-state index is -4.43. The maximum atomic E-state index is 13.0. The van der Waals surface area contributed by atoms with Crippen LogP contribution in [-0.2, 0) is 24.9 Å². The first-order chi connectivity index (χ1) is 16.8. The van der Waals surface area contributed by atoms with E-state index in [-0.39, 0.29) is 34.0 Å². The highest BCUT2D eigenvalue weighted by Crippen LogP contribution is 2.29. The second-order valence-corrected chi connectivity index (χ2v) is 12.2. The zero-order valence-corrected chi connectivity index (χ0v) is 23.6. The topological polar surface area (TPSA) is 153 Å². The number of rotatable bonds is 8. The first-order valence-corrected chi connectivity index (χ1v) is 14.6. The molecule has 0 aliphatic rings. The van der Waals surface area contributed by atoms with Gasteiger partial charge >= 0.3 is 5.97 Å². The minimum absolute atomic E-state index is 0.00158. The summed E-state index contributed by atoms with van der Waals surface area (Å²) in [6.07, 6.45) is 0. The fraction of sp³-hybridized carbons (Fsp3) is 0.0476. The Hall–Kier alpha value is -2.35. The molecule has 0 aliphatic heterocycles. The summed E-state index contributed by atoms with van der Waals surface area (Å²) < 4.78 is 82.6. The van der Waals surface area contributed by atoms with Crippen LogP contribution in [0.3, 0.4) is 0 Å². The smallest absolute Gasteiger partial charge is 0.349 e. The monoisotopic (exact) mass is 761 g/mol. The Morgan fingerprint density at radius 1 is 0.889 bits per heavy atom. The predicted molar refractivity (Wildman–Crippen MR) is 140 cm³/mol. The molecule has 2 N–H and O–H groups in total. The van der Waals surface area contributed by atoms with E-state index in [4.69, 9.17) is 9.47 Å². The van der Waals surface area contributed by atoms with Crippen molar-refractivity contribution in [1.29, 1.82) is 0 Å². The lowest BCUT2D eigenvalue weighted by atomic mass is 10.2. The van der Waals surface area contributed by atoms with Gasteiger partial charge in [-0.1, -0.05) is 0 Å². The highest BCUT2D eigenvalue weighted by atomic mass is 127. The van der Waals surface area contributed by atoms with Gasteiger partial charge in [-0.25, -0.2) is 22.3 Å². The molecule has 0 atom stereocenters. The van der Waals surface area contributed by atoms with Crippen LogP contribution in [0.1, 0.15) is 10.4 Å². The lowest BCUT2D eigenvalue weighted by molar-refractivity contribution is -0.136. The van der Waals surface area contributed by atoms with Crippen molar-refractivity contribution in [3.8, 4) is 11.5 Å². The van der Waals surface area contributed by atoms with E-state index in [0.717, 1.165) is 36.4 Å². The maximum Gasteiger partial charge on any atom is 0.349 e. The lowest BCUT2D eigenvalue weighted by Gasteiger charge is -2.11. The second-order valence-electron chi connectivity index (χ2n) is 6.87. The fourth-order valence-electron chi connectivity index (χ4n) is 2.70. The van der Waals surface area contributed by atoms with Gasteiger partial charge in [0.05, 0.1) is 4.90 Å². The molecule has 0 bridgehead atoms. The van der Waals surface area contributed by atoms with Crippen molar-refractivity contribution in [2.75, 3.05) is 6.61 Å². The Morgan fingerprint density at radius 3 is 1.97 bits per heavy atom. The van der Waals surface area contributed by atoms with Crippen molar-refractivity contribution in [1.82, 2.24) is 4.72 Å². The number of hydrogen-bond acceptors (Lipinski definition) is 8. The molecule has 36 heavy (non-hydrogen) atoms. The van der Waals surface area contributed by atoms with Crippen LogP contribution in [0.5, 0.6) is 11.5 Å². The maximum absolute atomic E-state index is 13.0. The van der Waals surface area contributed by atoms with E-state index < -0.39 is 44.4 Å². The van der Waals surface area contributed by atoms with Gasteiger partial charge in [0.25, 0.3) is 26.0 Å². The van der Waals surface area contributed by atoms with Crippen molar-refractivity contribution in [2.24, 2.45) is 0 Å². The molecule has 1 amide bonds. The van der Waals surface area contributed by atoms with E-state index in [1.54, 1.807) is 45.2 Å². The predicted octanol–water partition coefficient (Wildman–Crippen LogP) is 3.38. The SMILES string of the molecule is O=C(COc1cc(I)c(S(=O)(=O)O)c(I)c1)Oc1ccc(S(=O)(=O)NC(=O)c2ccc(F)cc2)cc1. The summed E-state index contributed by atoms with van der Waals surface area (Å²) in [6.45, 7) is -0.550. The largest absolute Gasteiger partial charge is 0.482 e. The summed E-state index contributed by atoms with van der Waals surface area (Å²) in [6, 6.07) is 11.6. The van der Waals surface area contributed by atoms with Crippen LogP contribution in [0.25, 0.3) is 0 Å². The van der Waals surface area contributed by atoms with Crippen molar-refractivity contribution < 1.29 is 44.8 Å². The first-order valence-electron chi connectivity index (χ1n) is 9.49. The molecule has 3 aromatic carbocycles. The minimum Gasteiger partial charge on any atom is -0.482 e. The molecule has 0 heterocycles. The molecular weight excluding hydrogens is 747 g/mol. The number of halogens is 3. The van der Waals surface area contributed by atoms with Crippen molar-refractivity contribution in [3.63, 3.8) is 0 Å². The molecule has 15 heteroatoms. The molecule has 3 aromatic rings. The number of carbonyl (C=O) groups excluding carboxylic acids is 2. The summed E-state index contributed by atoms with van der Waals surface area (Å²) in [5.41, 5.74) is -0.0532. The van der Waals surface area contributed by atoms with E-state index in [0.29, 0.717) is 0 Å². The number of amides is 1. The third-order valence-electron chi connectivity index (χ3n) is 4.29. The van der Waals surface area contributed by atoms with Gasteiger partial charge in [-0.3, -0.25) is 9.35 Å².